The zero-order valence-electron chi connectivity index (χ0n) is 13.8. The molecule has 0 aromatic heterocycles. The third kappa shape index (κ3) is 3.98. The summed E-state index contributed by atoms with van der Waals surface area (Å²) >= 11 is 0. The van der Waals surface area contributed by atoms with E-state index in [1.165, 1.54) is 0 Å². The molecule has 1 N–H and O–H groups in total. The summed E-state index contributed by atoms with van der Waals surface area (Å²) < 4.78 is 11.5. The highest BCUT2D eigenvalue weighted by molar-refractivity contribution is 5.81. The van der Waals surface area contributed by atoms with Crippen molar-refractivity contribution in [2.75, 3.05) is 31.1 Å². The zero-order valence-corrected chi connectivity index (χ0v) is 13.8. The number of anilines is 1. The summed E-state index contributed by atoms with van der Waals surface area (Å²) in [6.07, 6.45) is -0.171. The van der Waals surface area contributed by atoms with Crippen LogP contribution in [-0.2, 0) is 4.79 Å². The number of amides is 1. The Morgan fingerprint density at radius 2 is 1.83 bits per heavy atom. The van der Waals surface area contributed by atoms with Gasteiger partial charge in [-0.1, -0.05) is 30.3 Å². The SMILES string of the molecule is CCN(CC(=O)NCC1COc2ccccc2O1)c1ccccc1. The van der Waals surface area contributed by atoms with Gasteiger partial charge in [-0.25, -0.2) is 0 Å². The van der Waals surface area contributed by atoms with Crippen molar-refractivity contribution in [2.24, 2.45) is 0 Å². The Hall–Kier alpha value is -2.69. The fourth-order valence-corrected chi connectivity index (χ4v) is 2.65. The Morgan fingerprint density at radius 3 is 2.58 bits per heavy atom. The average molecular weight is 326 g/mol. The van der Waals surface area contributed by atoms with Crippen molar-refractivity contribution in [3.05, 3.63) is 54.6 Å². The second kappa shape index (κ2) is 7.73. The van der Waals surface area contributed by atoms with Gasteiger partial charge in [0.2, 0.25) is 5.91 Å². The molecular formula is C19H22N2O3. The van der Waals surface area contributed by atoms with Crippen LogP contribution in [0.2, 0.25) is 0 Å². The normalized spacial score (nSPS) is 15.6. The number of hydrogen-bond donors (Lipinski definition) is 1. The molecule has 2 aromatic carbocycles. The van der Waals surface area contributed by atoms with Gasteiger partial charge in [0.1, 0.15) is 12.7 Å². The van der Waals surface area contributed by atoms with E-state index in [1.54, 1.807) is 0 Å². The molecule has 0 spiro atoms. The molecule has 1 aliphatic heterocycles. The van der Waals surface area contributed by atoms with Crippen LogP contribution in [0.5, 0.6) is 11.5 Å². The molecule has 1 atom stereocenters. The first kappa shape index (κ1) is 16.2. The van der Waals surface area contributed by atoms with Gasteiger partial charge >= 0.3 is 0 Å². The van der Waals surface area contributed by atoms with E-state index in [1.807, 2.05) is 66.4 Å². The van der Waals surface area contributed by atoms with E-state index in [0.29, 0.717) is 19.7 Å². The molecule has 0 saturated carbocycles. The lowest BCUT2D eigenvalue weighted by Gasteiger charge is -2.27. The number of benzene rings is 2. The van der Waals surface area contributed by atoms with E-state index in [4.69, 9.17) is 9.47 Å². The Balaban J connectivity index is 1.49. The van der Waals surface area contributed by atoms with Gasteiger partial charge in [0, 0.05) is 12.2 Å². The molecule has 5 nitrogen and oxygen atoms in total. The second-order valence-corrected chi connectivity index (χ2v) is 5.65. The number of hydrogen-bond acceptors (Lipinski definition) is 4. The molecule has 0 bridgehead atoms. The van der Waals surface area contributed by atoms with E-state index >= 15 is 0 Å². The number of nitrogens with zero attached hydrogens (tertiary/aromatic N) is 1. The van der Waals surface area contributed by atoms with Gasteiger partial charge in [0.05, 0.1) is 13.1 Å². The van der Waals surface area contributed by atoms with E-state index in [9.17, 15) is 4.79 Å². The maximum atomic E-state index is 12.2. The van der Waals surface area contributed by atoms with Crippen molar-refractivity contribution < 1.29 is 14.3 Å². The summed E-state index contributed by atoms with van der Waals surface area (Å²) in [5.74, 6) is 1.45. The van der Waals surface area contributed by atoms with Crippen LogP contribution < -0.4 is 19.7 Å². The van der Waals surface area contributed by atoms with Crippen LogP contribution in [0, 0.1) is 0 Å². The van der Waals surface area contributed by atoms with Crippen LogP contribution in [0.4, 0.5) is 5.69 Å². The largest absolute Gasteiger partial charge is 0.486 e. The van der Waals surface area contributed by atoms with Crippen molar-refractivity contribution in [1.82, 2.24) is 5.32 Å². The van der Waals surface area contributed by atoms with Crippen LogP contribution in [0.25, 0.3) is 0 Å². The Labute approximate surface area is 142 Å². The van der Waals surface area contributed by atoms with Gasteiger partial charge < -0.3 is 19.7 Å². The Bertz CT molecular complexity index is 675. The molecule has 24 heavy (non-hydrogen) atoms. The maximum absolute atomic E-state index is 12.2. The zero-order chi connectivity index (χ0) is 16.8. The maximum Gasteiger partial charge on any atom is 0.239 e. The number of likely N-dealkylation sites (N-methyl/N-ethyl adjacent to an activating group) is 1. The van der Waals surface area contributed by atoms with Gasteiger partial charge in [0.15, 0.2) is 11.5 Å². The van der Waals surface area contributed by atoms with E-state index in [-0.39, 0.29) is 12.0 Å². The van der Waals surface area contributed by atoms with Gasteiger partial charge in [-0.3, -0.25) is 4.79 Å². The molecule has 0 aliphatic carbocycles. The van der Waals surface area contributed by atoms with Crippen molar-refractivity contribution in [3.8, 4) is 11.5 Å². The quantitative estimate of drug-likeness (QED) is 0.886. The third-order valence-electron chi connectivity index (χ3n) is 3.93. The number of fused-ring (bicyclic) bond motifs is 1. The fourth-order valence-electron chi connectivity index (χ4n) is 2.65. The lowest BCUT2D eigenvalue weighted by molar-refractivity contribution is -0.120. The molecule has 2 aromatic rings. The van der Waals surface area contributed by atoms with Crippen molar-refractivity contribution in [3.63, 3.8) is 0 Å². The summed E-state index contributed by atoms with van der Waals surface area (Å²) in [5.41, 5.74) is 1.04. The minimum Gasteiger partial charge on any atom is -0.486 e. The molecule has 1 aliphatic rings. The highest BCUT2D eigenvalue weighted by atomic mass is 16.6. The molecule has 0 fully saturated rings. The summed E-state index contributed by atoms with van der Waals surface area (Å²) in [6, 6.07) is 17.5. The van der Waals surface area contributed by atoms with Crippen molar-refractivity contribution >= 4 is 11.6 Å². The molecule has 1 heterocycles. The van der Waals surface area contributed by atoms with Crippen LogP contribution in [0.1, 0.15) is 6.92 Å². The summed E-state index contributed by atoms with van der Waals surface area (Å²) in [6.45, 7) is 4.00. The van der Waals surface area contributed by atoms with Gasteiger partial charge in [-0.15, -0.1) is 0 Å². The number of rotatable bonds is 6. The minimum absolute atomic E-state index is 0.0249. The molecule has 0 radical (unpaired) electrons. The van der Waals surface area contributed by atoms with Crippen LogP contribution in [-0.4, -0.2) is 38.3 Å². The second-order valence-electron chi connectivity index (χ2n) is 5.65. The molecule has 5 heteroatoms. The molecule has 1 unspecified atom stereocenters. The number of nitrogens with one attached hydrogen (secondary N) is 1. The van der Waals surface area contributed by atoms with Crippen LogP contribution >= 0.6 is 0 Å². The number of para-hydroxylation sites is 3. The summed E-state index contributed by atoms with van der Waals surface area (Å²) in [4.78, 5) is 14.3. The van der Waals surface area contributed by atoms with Gasteiger partial charge in [-0.2, -0.15) is 0 Å². The first-order chi connectivity index (χ1) is 11.8. The number of carbonyl (C=O) groups is 1. The molecule has 126 valence electrons. The number of ether oxygens (including phenoxy) is 2. The lowest BCUT2D eigenvalue weighted by atomic mass is 10.2. The Kier molecular flexibility index (Phi) is 5.21. The first-order valence-corrected chi connectivity index (χ1v) is 8.21. The molecular weight excluding hydrogens is 304 g/mol. The molecule has 1 amide bonds. The van der Waals surface area contributed by atoms with Crippen molar-refractivity contribution in [1.29, 1.82) is 0 Å². The van der Waals surface area contributed by atoms with E-state index in [0.717, 1.165) is 23.7 Å². The first-order valence-electron chi connectivity index (χ1n) is 8.21. The smallest absolute Gasteiger partial charge is 0.239 e. The highest BCUT2D eigenvalue weighted by Crippen LogP contribution is 2.30. The third-order valence-corrected chi connectivity index (χ3v) is 3.93. The Morgan fingerprint density at radius 1 is 1.12 bits per heavy atom. The van der Waals surface area contributed by atoms with E-state index < -0.39 is 0 Å². The summed E-state index contributed by atoms with van der Waals surface area (Å²) in [5, 5.41) is 2.93. The van der Waals surface area contributed by atoms with Crippen molar-refractivity contribution in [2.45, 2.75) is 13.0 Å². The van der Waals surface area contributed by atoms with Gasteiger partial charge in [-0.05, 0) is 31.2 Å². The predicted octanol–water partition coefficient (Wildman–Crippen LogP) is 2.47. The van der Waals surface area contributed by atoms with Crippen LogP contribution in [0.3, 0.4) is 0 Å². The lowest BCUT2D eigenvalue weighted by Crippen LogP contribution is -2.44. The fraction of sp³-hybridized carbons (Fsp3) is 0.316. The standard InChI is InChI=1S/C19H22N2O3/c1-2-21(15-8-4-3-5-9-15)13-19(22)20-12-16-14-23-17-10-6-7-11-18(17)24-16/h3-11,16H,2,12-14H2,1H3,(H,20,22). The monoisotopic (exact) mass is 326 g/mol. The molecule has 0 saturated heterocycles. The molecule has 3 rings (SSSR count). The predicted molar refractivity (Wildman–Crippen MR) is 93.7 cm³/mol. The minimum atomic E-state index is -0.171. The average Bonchev–Trinajstić information content (AvgIpc) is 2.65. The van der Waals surface area contributed by atoms with Gasteiger partial charge in [0.25, 0.3) is 0 Å². The van der Waals surface area contributed by atoms with E-state index in [2.05, 4.69) is 5.32 Å². The topological polar surface area (TPSA) is 50.8 Å². The summed E-state index contributed by atoms with van der Waals surface area (Å²) in [7, 11) is 0. The highest BCUT2D eigenvalue weighted by Gasteiger charge is 2.21. The number of carbonyl (C=O) groups excluding carboxylic acids is 1. The van der Waals surface area contributed by atoms with Crippen LogP contribution in [0.15, 0.2) is 54.6 Å².